The van der Waals surface area contributed by atoms with Crippen molar-refractivity contribution in [2.75, 3.05) is 6.54 Å². The molecular formula is C15H24N2O2. The van der Waals surface area contributed by atoms with Gasteiger partial charge < -0.3 is 10.8 Å². The van der Waals surface area contributed by atoms with Gasteiger partial charge in [0.15, 0.2) is 0 Å². The van der Waals surface area contributed by atoms with Crippen LogP contribution in [0.2, 0.25) is 0 Å². The summed E-state index contributed by atoms with van der Waals surface area (Å²) in [7, 11) is 0. The molecule has 0 aliphatic heterocycles. The van der Waals surface area contributed by atoms with Gasteiger partial charge in [-0.1, -0.05) is 30.3 Å². The first kappa shape index (κ1) is 15.5. The van der Waals surface area contributed by atoms with Gasteiger partial charge in [-0.2, -0.15) is 0 Å². The summed E-state index contributed by atoms with van der Waals surface area (Å²) in [5, 5.41) is 9.52. The molecule has 0 saturated carbocycles. The van der Waals surface area contributed by atoms with Crippen LogP contribution in [0.3, 0.4) is 0 Å². The Morgan fingerprint density at radius 2 is 1.74 bits per heavy atom. The normalized spacial score (nSPS) is 14.8. The van der Waals surface area contributed by atoms with E-state index in [1.807, 2.05) is 58.0 Å². The number of nitrogens with two attached hydrogens (primary N) is 1. The van der Waals surface area contributed by atoms with Crippen LogP contribution in [0, 0.1) is 0 Å². The number of nitrogens with zero attached hydrogens (tertiary/aromatic N) is 1. The maximum Gasteiger partial charge on any atom is 0.408 e. The van der Waals surface area contributed by atoms with Crippen molar-refractivity contribution in [2.45, 2.75) is 45.2 Å². The molecule has 1 aromatic carbocycles. The smallest absolute Gasteiger partial charge is 0.408 e. The molecule has 1 rings (SSSR count). The van der Waals surface area contributed by atoms with Crippen LogP contribution in [-0.4, -0.2) is 33.7 Å². The third kappa shape index (κ3) is 3.70. The van der Waals surface area contributed by atoms with Gasteiger partial charge in [-0.3, -0.25) is 4.90 Å². The lowest BCUT2D eigenvalue weighted by Gasteiger charge is -2.46. The molecule has 0 aliphatic carbocycles. The van der Waals surface area contributed by atoms with Crippen LogP contribution in [0.5, 0.6) is 0 Å². The quantitative estimate of drug-likeness (QED) is 0.878. The first-order valence-corrected chi connectivity index (χ1v) is 6.48. The van der Waals surface area contributed by atoms with E-state index in [-0.39, 0.29) is 6.54 Å². The van der Waals surface area contributed by atoms with Crippen molar-refractivity contribution in [1.29, 1.82) is 0 Å². The molecule has 0 spiro atoms. The Labute approximate surface area is 115 Å². The summed E-state index contributed by atoms with van der Waals surface area (Å²) in [5.74, 6) is 0. The Morgan fingerprint density at radius 1 is 1.21 bits per heavy atom. The van der Waals surface area contributed by atoms with E-state index in [4.69, 9.17) is 5.73 Å². The standard InChI is InChI=1S/C15H24N2O2/c1-14(2,3)17(13(18)19)15(4,11-16)10-12-8-6-5-7-9-12/h5-9H,10-11,16H2,1-4H3,(H,18,19). The molecule has 4 nitrogen and oxygen atoms in total. The molecule has 0 aliphatic rings. The minimum absolute atomic E-state index is 0.283. The molecular weight excluding hydrogens is 240 g/mol. The average molecular weight is 264 g/mol. The summed E-state index contributed by atoms with van der Waals surface area (Å²) in [6, 6.07) is 9.85. The number of carbonyl (C=O) groups is 1. The second kappa shape index (κ2) is 5.61. The number of amides is 1. The predicted molar refractivity (Wildman–Crippen MR) is 77.2 cm³/mol. The largest absolute Gasteiger partial charge is 0.465 e. The first-order valence-electron chi connectivity index (χ1n) is 6.48. The van der Waals surface area contributed by atoms with Crippen LogP contribution < -0.4 is 5.73 Å². The summed E-state index contributed by atoms with van der Waals surface area (Å²) in [4.78, 5) is 13.1. The van der Waals surface area contributed by atoms with Crippen molar-refractivity contribution >= 4 is 6.09 Å². The van der Waals surface area contributed by atoms with Crippen molar-refractivity contribution in [3.8, 4) is 0 Å². The SMILES string of the molecule is CC(C)(C)N(C(=O)O)C(C)(CN)Cc1ccccc1. The van der Waals surface area contributed by atoms with Gasteiger partial charge in [-0.15, -0.1) is 0 Å². The van der Waals surface area contributed by atoms with Gasteiger partial charge in [0.05, 0.1) is 5.54 Å². The van der Waals surface area contributed by atoms with Crippen molar-refractivity contribution in [3.63, 3.8) is 0 Å². The summed E-state index contributed by atoms with van der Waals surface area (Å²) in [5.41, 5.74) is 5.86. The molecule has 0 saturated heterocycles. The third-order valence-electron chi connectivity index (χ3n) is 3.27. The topological polar surface area (TPSA) is 66.6 Å². The van der Waals surface area contributed by atoms with E-state index < -0.39 is 17.2 Å². The monoisotopic (exact) mass is 264 g/mol. The molecule has 1 atom stereocenters. The fourth-order valence-corrected chi connectivity index (χ4v) is 2.61. The van der Waals surface area contributed by atoms with Crippen LogP contribution in [0.25, 0.3) is 0 Å². The average Bonchev–Trinajstić information content (AvgIpc) is 2.27. The molecule has 1 aromatic rings. The zero-order valence-electron chi connectivity index (χ0n) is 12.2. The Kier molecular flexibility index (Phi) is 4.58. The maximum absolute atomic E-state index is 11.6. The maximum atomic E-state index is 11.6. The Hall–Kier alpha value is -1.55. The molecule has 1 amide bonds. The highest BCUT2D eigenvalue weighted by Crippen LogP contribution is 2.28. The van der Waals surface area contributed by atoms with Gasteiger partial charge in [0.1, 0.15) is 0 Å². The van der Waals surface area contributed by atoms with Crippen molar-refractivity contribution in [1.82, 2.24) is 4.90 Å². The van der Waals surface area contributed by atoms with Crippen molar-refractivity contribution in [2.24, 2.45) is 5.73 Å². The molecule has 0 bridgehead atoms. The van der Waals surface area contributed by atoms with Crippen LogP contribution >= 0.6 is 0 Å². The van der Waals surface area contributed by atoms with Crippen molar-refractivity contribution in [3.05, 3.63) is 35.9 Å². The number of rotatable bonds is 4. The van der Waals surface area contributed by atoms with Gasteiger partial charge in [-0.25, -0.2) is 4.79 Å². The Morgan fingerprint density at radius 3 is 2.11 bits per heavy atom. The summed E-state index contributed by atoms with van der Waals surface area (Å²) >= 11 is 0. The molecule has 19 heavy (non-hydrogen) atoms. The molecule has 4 heteroatoms. The number of benzene rings is 1. The van der Waals surface area contributed by atoms with E-state index in [1.54, 1.807) is 0 Å². The zero-order valence-corrected chi connectivity index (χ0v) is 12.2. The van der Waals surface area contributed by atoms with Gasteiger partial charge >= 0.3 is 6.09 Å². The Bertz CT molecular complexity index is 426. The predicted octanol–water partition coefficient (Wildman–Crippen LogP) is 2.73. The Balaban J connectivity index is 3.10. The van der Waals surface area contributed by atoms with Crippen LogP contribution in [0.1, 0.15) is 33.3 Å². The second-order valence-electron chi connectivity index (χ2n) is 6.15. The molecule has 0 radical (unpaired) electrons. The number of hydrogen-bond donors (Lipinski definition) is 2. The lowest BCUT2D eigenvalue weighted by atomic mass is 9.87. The highest BCUT2D eigenvalue weighted by atomic mass is 16.4. The fourth-order valence-electron chi connectivity index (χ4n) is 2.61. The molecule has 3 N–H and O–H groups in total. The zero-order chi connectivity index (χ0) is 14.7. The molecule has 106 valence electrons. The van der Waals surface area contributed by atoms with E-state index in [0.29, 0.717) is 6.42 Å². The highest BCUT2D eigenvalue weighted by Gasteiger charge is 2.41. The van der Waals surface area contributed by atoms with Crippen LogP contribution in [-0.2, 0) is 6.42 Å². The number of hydrogen-bond acceptors (Lipinski definition) is 2. The van der Waals surface area contributed by atoms with E-state index in [1.165, 1.54) is 4.90 Å². The van der Waals surface area contributed by atoms with E-state index in [2.05, 4.69) is 0 Å². The van der Waals surface area contributed by atoms with E-state index in [9.17, 15) is 9.90 Å². The fraction of sp³-hybridized carbons (Fsp3) is 0.533. The summed E-state index contributed by atoms with van der Waals surface area (Å²) in [6.07, 6.45) is -0.329. The van der Waals surface area contributed by atoms with E-state index in [0.717, 1.165) is 5.56 Å². The molecule has 1 unspecified atom stereocenters. The van der Waals surface area contributed by atoms with Crippen LogP contribution in [0.4, 0.5) is 4.79 Å². The first-order chi connectivity index (χ1) is 8.70. The van der Waals surface area contributed by atoms with Gasteiger partial charge in [0.25, 0.3) is 0 Å². The minimum atomic E-state index is -0.934. The lowest BCUT2D eigenvalue weighted by Crippen LogP contribution is -2.62. The van der Waals surface area contributed by atoms with Gasteiger partial charge in [0, 0.05) is 12.1 Å². The lowest BCUT2D eigenvalue weighted by molar-refractivity contribution is 0.0284. The van der Waals surface area contributed by atoms with Crippen LogP contribution in [0.15, 0.2) is 30.3 Å². The third-order valence-corrected chi connectivity index (χ3v) is 3.27. The van der Waals surface area contributed by atoms with Gasteiger partial charge in [-0.05, 0) is 39.7 Å². The van der Waals surface area contributed by atoms with E-state index >= 15 is 0 Å². The van der Waals surface area contributed by atoms with Gasteiger partial charge in [0.2, 0.25) is 0 Å². The summed E-state index contributed by atoms with van der Waals surface area (Å²) < 4.78 is 0. The number of carboxylic acid groups (broad SMARTS) is 1. The highest BCUT2D eigenvalue weighted by molar-refractivity contribution is 5.67. The summed E-state index contributed by atoms with van der Waals surface area (Å²) in [6.45, 7) is 7.85. The molecule has 0 fully saturated rings. The molecule has 0 heterocycles. The van der Waals surface area contributed by atoms with Crippen molar-refractivity contribution < 1.29 is 9.90 Å². The second-order valence-corrected chi connectivity index (χ2v) is 6.15. The minimum Gasteiger partial charge on any atom is -0.465 e. The molecule has 0 aromatic heterocycles.